The monoisotopic (exact) mass is 328 g/mol. The van der Waals surface area contributed by atoms with Crippen LogP contribution in [0.4, 0.5) is 5.69 Å². The summed E-state index contributed by atoms with van der Waals surface area (Å²) in [4.78, 5) is 26.0. The molecule has 0 aromatic heterocycles. The van der Waals surface area contributed by atoms with Crippen molar-refractivity contribution in [3.05, 3.63) is 65.2 Å². The van der Waals surface area contributed by atoms with E-state index in [-0.39, 0.29) is 17.7 Å². The van der Waals surface area contributed by atoms with Crippen LogP contribution in [0.25, 0.3) is 0 Å². The minimum absolute atomic E-state index is 0.0956. The van der Waals surface area contributed by atoms with Gasteiger partial charge in [-0.1, -0.05) is 35.9 Å². The first-order valence-electron chi connectivity index (χ1n) is 7.52. The van der Waals surface area contributed by atoms with E-state index in [4.69, 9.17) is 11.6 Å². The van der Waals surface area contributed by atoms with E-state index >= 15 is 0 Å². The molecule has 1 saturated heterocycles. The van der Waals surface area contributed by atoms with Crippen LogP contribution in [0.2, 0.25) is 5.02 Å². The van der Waals surface area contributed by atoms with Crippen LogP contribution in [-0.2, 0) is 4.79 Å². The summed E-state index contributed by atoms with van der Waals surface area (Å²) in [6, 6.07) is 16.4. The molecular weight excluding hydrogens is 312 g/mol. The van der Waals surface area contributed by atoms with Crippen molar-refractivity contribution in [1.82, 2.24) is 5.32 Å². The Hall–Kier alpha value is -2.33. The lowest BCUT2D eigenvalue weighted by Crippen LogP contribution is -2.31. The maximum absolute atomic E-state index is 12.1. The van der Waals surface area contributed by atoms with Crippen molar-refractivity contribution in [3.8, 4) is 0 Å². The van der Waals surface area contributed by atoms with E-state index in [2.05, 4.69) is 5.32 Å². The Kier molecular flexibility index (Phi) is 4.63. The largest absolute Gasteiger partial charge is 0.352 e. The minimum Gasteiger partial charge on any atom is -0.352 e. The predicted molar refractivity (Wildman–Crippen MR) is 90.7 cm³/mol. The van der Waals surface area contributed by atoms with E-state index in [1.165, 1.54) is 0 Å². The van der Waals surface area contributed by atoms with Crippen LogP contribution in [0.1, 0.15) is 16.8 Å². The summed E-state index contributed by atoms with van der Waals surface area (Å²) in [6.07, 6.45) is 0.449. The maximum atomic E-state index is 12.1. The molecule has 4 nitrogen and oxygen atoms in total. The number of carbonyl (C=O) groups excluding carboxylic acids is 2. The Morgan fingerprint density at radius 2 is 1.96 bits per heavy atom. The molecule has 1 heterocycles. The Bertz CT molecular complexity index is 718. The van der Waals surface area contributed by atoms with E-state index < -0.39 is 0 Å². The number of nitrogens with zero attached hydrogens (tertiary/aromatic N) is 1. The van der Waals surface area contributed by atoms with Crippen molar-refractivity contribution in [2.45, 2.75) is 6.42 Å². The van der Waals surface area contributed by atoms with Gasteiger partial charge in [0.25, 0.3) is 5.91 Å². The third-order valence-electron chi connectivity index (χ3n) is 3.91. The van der Waals surface area contributed by atoms with Crippen LogP contribution in [0.5, 0.6) is 0 Å². The van der Waals surface area contributed by atoms with E-state index in [1.807, 2.05) is 30.3 Å². The van der Waals surface area contributed by atoms with Gasteiger partial charge in [0.05, 0.1) is 0 Å². The lowest BCUT2D eigenvalue weighted by molar-refractivity contribution is -0.117. The second-order valence-corrected chi connectivity index (χ2v) is 6.07. The number of amides is 2. The summed E-state index contributed by atoms with van der Waals surface area (Å²) < 4.78 is 0. The molecule has 23 heavy (non-hydrogen) atoms. The molecule has 5 heteroatoms. The molecule has 0 spiro atoms. The van der Waals surface area contributed by atoms with Gasteiger partial charge >= 0.3 is 0 Å². The fraction of sp³-hybridized carbons (Fsp3) is 0.222. The molecule has 1 unspecified atom stereocenters. The smallest absolute Gasteiger partial charge is 0.251 e. The van der Waals surface area contributed by atoms with Gasteiger partial charge in [-0.15, -0.1) is 0 Å². The number of nitrogens with one attached hydrogen (secondary N) is 1. The fourth-order valence-electron chi connectivity index (χ4n) is 2.74. The molecule has 0 saturated carbocycles. The molecule has 0 bridgehead atoms. The van der Waals surface area contributed by atoms with Crippen molar-refractivity contribution in [2.24, 2.45) is 5.92 Å². The maximum Gasteiger partial charge on any atom is 0.251 e. The number of halogens is 1. The predicted octanol–water partition coefficient (Wildman–Crippen LogP) is 3.12. The second kappa shape index (κ2) is 6.84. The van der Waals surface area contributed by atoms with Crippen molar-refractivity contribution in [3.63, 3.8) is 0 Å². The number of rotatable bonds is 4. The zero-order valence-corrected chi connectivity index (χ0v) is 13.3. The van der Waals surface area contributed by atoms with Crippen molar-refractivity contribution in [2.75, 3.05) is 18.0 Å². The molecule has 1 atom stereocenters. The van der Waals surface area contributed by atoms with Crippen LogP contribution in [0.3, 0.4) is 0 Å². The second-order valence-electron chi connectivity index (χ2n) is 5.63. The zero-order valence-electron chi connectivity index (χ0n) is 12.5. The van der Waals surface area contributed by atoms with Crippen LogP contribution < -0.4 is 10.2 Å². The van der Waals surface area contributed by atoms with Gasteiger partial charge < -0.3 is 10.2 Å². The molecule has 1 aliphatic rings. The van der Waals surface area contributed by atoms with Gasteiger partial charge in [0.15, 0.2) is 0 Å². The number of anilines is 1. The summed E-state index contributed by atoms with van der Waals surface area (Å²) in [5.41, 5.74) is 1.43. The van der Waals surface area contributed by atoms with Gasteiger partial charge in [0.2, 0.25) is 5.91 Å². The molecule has 1 fully saturated rings. The molecule has 0 aliphatic carbocycles. The number of para-hydroxylation sites is 1. The highest BCUT2D eigenvalue weighted by molar-refractivity contribution is 6.30. The SMILES string of the molecule is O=C(NCC1CC(=O)N(c2ccccc2)C1)c1cccc(Cl)c1. The first-order chi connectivity index (χ1) is 11.1. The molecule has 0 radical (unpaired) electrons. The summed E-state index contributed by atoms with van der Waals surface area (Å²) >= 11 is 5.89. The summed E-state index contributed by atoms with van der Waals surface area (Å²) in [7, 11) is 0. The van der Waals surface area contributed by atoms with Gasteiger partial charge in [0.1, 0.15) is 0 Å². The summed E-state index contributed by atoms with van der Waals surface area (Å²) in [5, 5.41) is 3.42. The Morgan fingerprint density at radius 1 is 1.17 bits per heavy atom. The third-order valence-corrected chi connectivity index (χ3v) is 4.15. The van der Waals surface area contributed by atoms with E-state index in [0.717, 1.165) is 5.69 Å². The van der Waals surface area contributed by atoms with Crippen LogP contribution in [0, 0.1) is 5.92 Å². The van der Waals surface area contributed by atoms with E-state index in [0.29, 0.717) is 30.1 Å². The van der Waals surface area contributed by atoms with Crippen LogP contribution >= 0.6 is 11.6 Å². The molecule has 1 aliphatic heterocycles. The fourth-order valence-corrected chi connectivity index (χ4v) is 2.93. The molecule has 1 N–H and O–H groups in total. The number of hydrogen-bond acceptors (Lipinski definition) is 2. The Balaban J connectivity index is 1.58. The molecule has 3 rings (SSSR count). The molecular formula is C18H17ClN2O2. The van der Waals surface area contributed by atoms with Crippen molar-refractivity contribution in [1.29, 1.82) is 0 Å². The van der Waals surface area contributed by atoms with Gasteiger partial charge in [-0.05, 0) is 30.3 Å². The van der Waals surface area contributed by atoms with Gasteiger partial charge in [0, 0.05) is 41.7 Å². The normalized spacial score (nSPS) is 17.3. The van der Waals surface area contributed by atoms with Crippen LogP contribution in [0.15, 0.2) is 54.6 Å². The first kappa shape index (κ1) is 15.6. The highest BCUT2D eigenvalue weighted by Crippen LogP contribution is 2.24. The highest BCUT2D eigenvalue weighted by atomic mass is 35.5. The number of benzene rings is 2. The molecule has 118 valence electrons. The third kappa shape index (κ3) is 3.71. The van der Waals surface area contributed by atoms with Crippen LogP contribution in [-0.4, -0.2) is 24.9 Å². The zero-order chi connectivity index (χ0) is 16.2. The summed E-state index contributed by atoms with van der Waals surface area (Å²) in [5.74, 6) is 0.0437. The molecule has 2 aromatic rings. The topological polar surface area (TPSA) is 49.4 Å². The highest BCUT2D eigenvalue weighted by Gasteiger charge is 2.30. The van der Waals surface area contributed by atoms with Gasteiger partial charge in [-0.25, -0.2) is 0 Å². The Morgan fingerprint density at radius 3 is 2.70 bits per heavy atom. The molecule has 2 aromatic carbocycles. The Labute approximate surface area is 140 Å². The van der Waals surface area contributed by atoms with Gasteiger partial charge in [-0.3, -0.25) is 9.59 Å². The van der Waals surface area contributed by atoms with E-state index in [9.17, 15) is 9.59 Å². The lowest BCUT2D eigenvalue weighted by atomic mass is 10.1. The minimum atomic E-state index is -0.168. The molecule has 2 amide bonds. The van der Waals surface area contributed by atoms with Crippen molar-refractivity contribution >= 4 is 29.1 Å². The number of carbonyl (C=O) groups is 2. The van der Waals surface area contributed by atoms with Crippen molar-refractivity contribution < 1.29 is 9.59 Å². The quantitative estimate of drug-likeness (QED) is 0.937. The van der Waals surface area contributed by atoms with E-state index in [1.54, 1.807) is 29.2 Å². The average Bonchev–Trinajstić information content (AvgIpc) is 2.94. The lowest BCUT2D eigenvalue weighted by Gasteiger charge is -2.16. The standard InChI is InChI=1S/C18H17ClN2O2/c19-15-6-4-5-14(10-15)18(23)20-11-13-9-17(22)21(12-13)16-7-2-1-3-8-16/h1-8,10,13H,9,11-12H2,(H,20,23). The first-order valence-corrected chi connectivity index (χ1v) is 7.90. The summed E-state index contributed by atoms with van der Waals surface area (Å²) in [6.45, 7) is 1.10. The van der Waals surface area contributed by atoms with Gasteiger partial charge in [-0.2, -0.15) is 0 Å². The average molecular weight is 329 g/mol. The number of hydrogen-bond donors (Lipinski definition) is 1.